The summed E-state index contributed by atoms with van der Waals surface area (Å²) in [6.07, 6.45) is 2.23. The molecule has 1 heterocycles. The van der Waals surface area contributed by atoms with Crippen molar-refractivity contribution >= 4 is 39.1 Å². The molecule has 6 heteroatoms. The van der Waals surface area contributed by atoms with Crippen LogP contribution in [0.5, 0.6) is 0 Å². The molecule has 3 aromatic carbocycles. The van der Waals surface area contributed by atoms with Crippen molar-refractivity contribution in [3.05, 3.63) is 94.0 Å². The van der Waals surface area contributed by atoms with E-state index in [9.17, 15) is 9.59 Å². The monoisotopic (exact) mass is 477 g/mol. The molecule has 1 aliphatic heterocycles. The van der Waals surface area contributed by atoms with E-state index in [0.717, 1.165) is 41.7 Å². The Labute approximate surface area is 190 Å². The Bertz CT molecular complexity index is 1080. The topological polar surface area (TPSA) is 61.4 Å². The van der Waals surface area contributed by atoms with Crippen LogP contribution in [0, 0.1) is 0 Å². The summed E-state index contributed by atoms with van der Waals surface area (Å²) in [6.45, 7) is 2.32. The smallest absolute Gasteiger partial charge is 0.256 e. The number of hydrogen-bond acceptors (Lipinski definition) is 3. The third-order valence-electron chi connectivity index (χ3n) is 5.36. The number of carbonyl (C=O) groups is 2. The Kier molecular flexibility index (Phi) is 6.67. The van der Waals surface area contributed by atoms with E-state index in [1.165, 1.54) is 0 Å². The molecular formula is C25H24BrN3O2. The van der Waals surface area contributed by atoms with Gasteiger partial charge in [0.1, 0.15) is 0 Å². The van der Waals surface area contributed by atoms with Gasteiger partial charge in [-0.1, -0.05) is 42.5 Å². The highest BCUT2D eigenvalue weighted by atomic mass is 79.9. The summed E-state index contributed by atoms with van der Waals surface area (Å²) in [4.78, 5) is 28.0. The minimum atomic E-state index is -0.225. The molecular weight excluding hydrogens is 454 g/mol. The zero-order chi connectivity index (χ0) is 21.6. The van der Waals surface area contributed by atoms with Gasteiger partial charge in [0.25, 0.3) is 11.8 Å². The normalized spacial score (nSPS) is 13.1. The van der Waals surface area contributed by atoms with Crippen LogP contribution >= 0.6 is 15.9 Å². The predicted octanol–water partition coefficient (Wildman–Crippen LogP) is 5.23. The number of rotatable bonds is 6. The van der Waals surface area contributed by atoms with Crippen LogP contribution in [0.4, 0.5) is 11.4 Å². The van der Waals surface area contributed by atoms with Gasteiger partial charge in [0, 0.05) is 35.5 Å². The molecule has 0 saturated carbocycles. The molecule has 1 saturated heterocycles. The SMILES string of the molecule is O=C(Nc1ccc(N2CCCC2)c(C(=O)NCc2ccccc2)c1)c1ccccc1Br. The molecule has 0 unspecified atom stereocenters. The molecule has 4 rings (SSSR count). The lowest BCUT2D eigenvalue weighted by molar-refractivity contribution is 0.0950. The first-order valence-electron chi connectivity index (χ1n) is 10.4. The maximum atomic E-state index is 13.1. The fraction of sp³-hybridized carbons (Fsp3) is 0.200. The number of nitrogens with zero attached hydrogens (tertiary/aromatic N) is 1. The average Bonchev–Trinajstić information content (AvgIpc) is 3.33. The number of hydrogen-bond donors (Lipinski definition) is 2. The Balaban J connectivity index is 1.57. The number of amides is 2. The first-order valence-corrected chi connectivity index (χ1v) is 11.2. The minimum absolute atomic E-state index is 0.150. The second kappa shape index (κ2) is 9.79. The van der Waals surface area contributed by atoms with Crippen molar-refractivity contribution in [2.45, 2.75) is 19.4 Å². The molecule has 0 aliphatic carbocycles. The van der Waals surface area contributed by atoms with E-state index in [4.69, 9.17) is 0 Å². The van der Waals surface area contributed by atoms with E-state index < -0.39 is 0 Å². The molecule has 0 bridgehead atoms. The summed E-state index contributed by atoms with van der Waals surface area (Å²) in [5, 5.41) is 5.93. The van der Waals surface area contributed by atoms with E-state index in [1.807, 2.05) is 60.7 Å². The lowest BCUT2D eigenvalue weighted by Gasteiger charge is -2.22. The summed E-state index contributed by atoms with van der Waals surface area (Å²) in [6, 6.07) is 22.6. The van der Waals surface area contributed by atoms with Crippen molar-refractivity contribution in [2.75, 3.05) is 23.3 Å². The molecule has 2 N–H and O–H groups in total. The average molecular weight is 478 g/mol. The van der Waals surface area contributed by atoms with E-state index in [1.54, 1.807) is 12.1 Å². The second-order valence-electron chi connectivity index (χ2n) is 7.53. The second-order valence-corrected chi connectivity index (χ2v) is 8.38. The Morgan fingerprint density at radius 1 is 0.839 bits per heavy atom. The van der Waals surface area contributed by atoms with Crippen molar-refractivity contribution in [2.24, 2.45) is 0 Å². The Hall–Kier alpha value is -3.12. The summed E-state index contributed by atoms with van der Waals surface area (Å²) in [7, 11) is 0. The van der Waals surface area contributed by atoms with Crippen molar-refractivity contribution in [3.63, 3.8) is 0 Å². The summed E-state index contributed by atoms with van der Waals surface area (Å²) >= 11 is 3.42. The summed E-state index contributed by atoms with van der Waals surface area (Å²) < 4.78 is 0.724. The highest BCUT2D eigenvalue weighted by Gasteiger charge is 2.21. The molecule has 5 nitrogen and oxygen atoms in total. The van der Waals surface area contributed by atoms with E-state index in [0.29, 0.717) is 23.4 Å². The van der Waals surface area contributed by atoms with Gasteiger partial charge in [-0.05, 0) is 64.7 Å². The maximum absolute atomic E-state index is 13.1. The van der Waals surface area contributed by atoms with Crippen molar-refractivity contribution < 1.29 is 9.59 Å². The molecule has 0 atom stereocenters. The van der Waals surface area contributed by atoms with Crippen LogP contribution in [0.15, 0.2) is 77.3 Å². The number of nitrogens with one attached hydrogen (secondary N) is 2. The van der Waals surface area contributed by atoms with Crippen LogP contribution in [0.1, 0.15) is 39.1 Å². The van der Waals surface area contributed by atoms with Crippen LogP contribution in [0.3, 0.4) is 0 Å². The zero-order valence-corrected chi connectivity index (χ0v) is 18.7. The molecule has 3 aromatic rings. The van der Waals surface area contributed by atoms with Crippen LogP contribution in [-0.4, -0.2) is 24.9 Å². The minimum Gasteiger partial charge on any atom is -0.371 e. The van der Waals surface area contributed by atoms with Crippen molar-refractivity contribution in [1.29, 1.82) is 0 Å². The van der Waals surface area contributed by atoms with Crippen LogP contribution in [-0.2, 0) is 6.54 Å². The molecule has 0 spiro atoms. The van der Waals surface area contributed by atoms with Gasteiger partial charge in [-0.25, -0.2) is 0 Å². The number of carbonyl (C=O) groups excluding carboxylic acids is 2. The van der Waals surface area contributed by atoms with Gasteiger partial charge in [-0.3, -0.25) is 9.59 Å². The van der Waals surface area contributed by atoms with E-state index in [2.05, 4.69) is 31.5 Å². The summed E-state index contributed by atoms with van der Waals surface area (Å²) in [5.41, 5.74) is 3.65. The largest absolute Gasteiger partial charge is 0.371 e. The van der Waals surface area contributed by atoms with Crippen molar-refractivity contribution in [1.82, 2.24) is 5.32 Å². The van der Waals surface area contributed by atoms with Crippen LogP contribution < -0.4 is 15.5 Å². The molecule has 2 amide bonds. The predicted molar refractivity (Wildman–Crippen MR) is 128 cm³/mol. The highest BCUT2D eigenvalue weighted by molar-refractivity contribution is 9.10. The lowest BCUT2D eigenvalue weighted by Crippen LogP contribution is -2.27. The third kappa shape index (κ3) is 5.14. The third-order valence-corrected chi connectivity index (χ3v) is 6.05. The maximum Gasteiger partial charge on any atom is 0.256 e. The number of anilines is 2. The first-order chi connectivity index (χ1) is 15.1. The number of halogens is 1. The van der Waals surface area contributed by atoms with E-state index in [-0.39, 0.29) is 11.8 Å². The lowest BCUT2D eigenvalue weighted by atomic mass is 10.1. The molecule has 1 fully saturated rings. The zero-order valence-electron chi connectivity index (χ0n) is 17.1. The molecule has 0 radical (unpaired) electrons. The van der Waals surface area contributed by atoms with E-state index >= 15 is 0 Å². The fourth-order valence-corrected chi connectivity index (χ4v) is 4.21. The van der Waals surface area contributed by atoms with Gasteiger partial charge in [0.15, 0.2) is 0 Å². The summed E-state index contributed by atoms with van der Waals surface area (Å²) in [5.74, 6) is -0.375. The van der Waals surface area contributed by atoms with Crippen molar-refractivity contribution in [3.8, 4) is 0 Å². The van der Waals surface area contributed by atoms with Gasteiger partial charge in [0.2, 0.25) is 0 Å². The Morgan fingerprint density at radius 2 is 1.55 bits per heavy atom. The van der Waals surface area contributed by atoms with Gasteiger partial charge in [0.05, 0.1) is 11.1 Å². The van der Waals surface area contributed by atoms with Gasteiger partial charge < -0.3 is 15.5 Å². The van der Waals surface area contributed by atoms with Gasteiger partial charge >= 0.3 is 0 Å². The fourth-order valence-electron chi connectivity index (χ4n) is 3.75. The molecule has 0 aromatic heterocycles. The molecule has 158 valence electrons. The first kappa shape index (κ1) is 21.1. The number of benzene rings is 3. The van der Waals surface area contributed by atoms with Gasteiger partial charge in [-0.15, -0.1) is 0 Å². The van der Waals surface area contributed by atoms with Crippen LogP contribution in [0.25, 0.3) is 0 Å². The molecule has 1 aliphatic rings. The highest BCUT2D eigenvalue weighted by Crippen LogP contribution is 2.28. The van der Waals surface area contributed by atoms with Crippen LogP contribution in [0.2, 0.25) is 0 Å². The van der Waals surface area contributed by atoms with Gasteiger partial charge in [-0.2, -0.15) is 0 Å². The quantitative estimate of drug-likeness (QED) is 0.510. The standard InChI is InChI=1S/C25H24BrN3O2/c26-22-11-5-4-10-20(22)25(31)28-19-12-13-23(29-14-6-7-15-29)21(16-19)24(30)27-17-18-8-2-1-3-9-18/h1-5,8-13,16H,6-7,14-15,17H2,(H,27,30)(H,28,31). The Morgan fingerprint density at radius 3 is 2.29 bits per heavy atom. The molecule has 31 heavy (non-hydrogen) atoms.